The molecule has 0 bridgehead atoms. The summed E-state index contributed by atoms with van der Waals surface area (Å²) in [6.07, 6.45) is 0.732. The summed E-state index contributed by atoms with van der Waals surface area (Å²) in [6.45, 7) is 4.14. The molecule has 78 valence electrons. The lowest BCUT2D eigenvalue weighted by Gasteiger charge is -2.21. The van der Waals surface area contributed by atoms with Crippen LogP contribution < -0.4 is 0 Å². The third-order valence-electron chi connectivity index (χ3n) is 2.03. The van der Waals surface area contributed by atoms with Gasteiger partial charge in [-0.1, -0.05) is 35.8 Å². The van der Waals surface area contributed by atoms with Crippen molar-refractivity contribution in [2.75, 3.05) is 5.33 Å². The third kappa shape index (κ3) is 3.05. The van der Waals surface area contributed by atoms with E-state index in [0.717, 1.165) is 17.3 Å². The Bertz CT molecular complexity index is 321. The Balaban J connectivity index is 2.83. The molecule has 0 aliphatic carbocycles. The molecular formula is C11H13BrF2. The van der Waals surface area contributed by atoms with Crippen molar-refractivity contribution in [3.63, 3.8) is 0 Å². The first-order valence-corrected chi connectivity index (χ1v) is 5.57. The van der Waals surface area contributed by atoms with Crippen LogP contribution in [0.1, 0.15) is 19.4 Å². The van der Waals surface area contributed by atoms with Gasteiger partial charge in [0.05, 0.1) is 0 Å². The van der Waals surface area contributed by atoms with Crippen LogP contribution >= 0.6 is 15.9 Å². The van der Waals surface area contributed by atoms with Crippen molar-refractivity contribution in [3.8, 4) is 0 Å². The number of hydrogen-bond acceptors (Lipinski definition) is 0. The molecule has 0 fully saturated rings. The predicted molar refractivity (Wildman–Crippen MR) is 57.6 cm³/mol. The molecule has 1 aromatic rings. The topological polar surface area (TPSA) is 0 Å². The Morgan fingerprint density at radius 2 is 1.86 bits per heavy atom. The summed E-state index contributed by atoms with van der Waals surface area (Å²) in [5.74, 6) is -1.56. The number of hydrogen-bond donors (Lipinski definition) is 0. The van der Waals surface area contributed by atoms with Gasteiger partial charge in [0.1, 0.15) is 0 Å². The van der Waals surface area contributed by atoms with Gasteiger partial charge in [-0.2, -0.15) is 0 Å². The zero-order chi connectivity index (χ0) is 10.8. The van der Waals surface area contributed by atoms with Crippen molar-refractivity contribution in [1.82, 2.24) is 0 Å². The molecule has 1 aromatic carbocycles. The zero-order valence-corrected chi connectivity index (χ0v) is 9.87. The lowest BCUT2D eigenvalue weighted by atomic mass is 9.88. The molecule has 3 heteroatoms. The number of rotatable bonds is 3. The number of halogens is 3. The van der Waals surface area contributed by atoms with Gasteiger partial charge in [0.25, 0.3) is 0 Å². The highest BCUT2D eigenvalue weighted by molar-refractivity contribution is 9.09. The lowest BCUT2D eigenvalue weighted by Crippen LogP contribution is -2.16. The Morgan fingerprint density at radius 3 is 2.36 bits per heavy atom. The van der Waals surface area contributed by atoms with Crippen LogP contribution in [0.4, 0.5) is 8.78 Å². The molecule has 0 unspecified atom stereocenters. The Morgan fingerprint density at radius 1 is 1.21 bits per heavy atom. The highest BCUT2D eigenvalue weighted by Crippen LogP contribution is 2.24. The van der Waals surface area contributed by atoms with Crippen LogP contribution in [0, 0.1) is 17.0 Å². The summed E-state index contributed by atoms with van der Waals surface area (Å²) in [5, 5.41) is 0.832. The maximum atomic E-state index is 12.9. The van der Waals surface area contributed by atoms with E-state index in [0.29, 0.717) is 0 Å². The Kier molecular flexibility index (Phi) is 3.65. The summed E-state index contributed by atoms with van der Waals surface area (Å²) in [6, 6.07) is 4.07. The minimum Gasteiger partial charge on any atom is -0.204 e. The first-order valence-electron chi connectivity index (χ1n) is 4.44. The van der Waals surface area contributed by atoms with E-state index < -0.39 is 11.6 Å². The van der Waals surface area contributed by atoms with Gasteiger partial charge in [0.15, 0.2) is 11.6 Å². The molecule has 0 N–H and O–H groups in total. The van der Waals surface area contributed by atoms with Crippen LogP contribution in [0.25, 0.3) is 0 Å². The van der Waals surface area contributed by atoms with Gasteiger partial charge in [-0.3, -0.25) is 0 Å². The maximum absolute atomic E-state index is 12.9. The van der Waals surface area contributed by atoms with E-state index in [1.54, 1.807) is 6.07 Å². The Labute approximate surface area is 91.5 Å². The summed E-state index contributed by atoms with van der Waals surface area (Å²) in [5.41, 5.74) is 0.887. The Hall–Kier alpha value is -0.440. The highest BCUT2D eigenvalue weighted by atomic mass is 79.9. The normalized spacial score (nSPS) is 11.8. The fraction of sp³-hybridized carbons (Fsp3) is 0.455. The minimum atomic E-state index is -0.787. The first kappa shape index (κ1) is 11.6. The summed E-state index contributed by atoms with van der Waals surface area (Å²) < 4.78 is 25.5. The highest BCUT2D eigenvalue weighted by Gasteiger charge is 2.17. The van der Waals surface area contributed by atoms with E-state index in [4.69, 9.17) is 0 Å². The molecule has 0 radical (unpaired) electrons. The molecule has 0 heterocycles. The summed E-state index contributed by atoms with van der Waals surface area (Å²) >= 11 is 3.39. The average Bonchev–Trinajstić information content (AvgIpc) is 2.11. The predicted octanol–water partition coefficient (Wildman–Crippen LogP) is 3.93. The molecule has 14 heavy (non-hydrogen) atoms. The third-order valence-corrected chi connectivity index (χ3v) is 3.55. The molecule has 0 aliphatic rings. The number of alkyl halides is 1. The molecule has 0 spiro atoms. The molecule has 0 nitrogen and oxygen atoms in total. The monoisotopic (exact) mass is 262 g/mol. The van der Waals surface area contributed by atoms with E-state index in [1.807, 2.05) is 0 Å². The molecule has 1 rings (SSSR count). The van der Waals surface area contributed by atoms with Crippen molar-refractivity contribution in [2.24, 2.45) is 5.41 Å². The van der Waals surface area contributed by atoms with E-state index in [-0.39, 0.29) is 5.41 Å². The van der Waals surface area contributed by atoms with Gasteiger partial charge in [0, 0.05) is 5.33 Å². The van der Waals surface area contributed by atoms with Crippen LogP contribution in [-0.2, 0) is 6.42 Å². The SMILES string of the molecule is CC(C)(CBr)Cc1ccc(F)c(F)c1. The van der Waals surface area contributed by atoms with E-state index in [2.05, 4.69) is 29.8 Å². The molecule has 0 saturated heterocycles. The van der Waals surface area contributed by atoms with Gasteiger partial charge >= 0.3 is 0 Å². The largest absolute Gasteiger partial charge is 0.204 e. The molecule has 0 aliphatic heterocycles. The molecular weight excluding hydrogens is 250 g/mol. The van der Waals surface area contributed by atoms with Crippen LogP contribution in [0.2, 0.25) is 0 Å². The van der Waals surface area contributed by atoms with Crippen molar-refractivity contribution in [1.29, 1.82) is 0 Å². The van der Waals surface area contributed by atoms with Gasteiger partial charge in [-0.05, 0) is 29.5 Å². The second-order valence-corrected chi connectivity index (χ2v) is 4.78. The fourth-order valence-electron chi connectivity index (χ4n) is 1.25. The van der Waals surface area contributed by atoms with Crippen molar-refractivity contribution in [2.45, 2.75) is 20.3 Å². The van der Waals surface area contributed by atoms with Crippen molar-refractivity contribution in [3.05, 3.63) is 35.4 Å². The van der Waals surface area contributed by atoms with E-state index in [9.17, 15) is 8.78 Å². The van der Waals surface area contributed by atoms with Gasteiger partial charge < -0.3 is 0 Å². The second-order valence-electron chi connectivity index (χ2n) is 4.22. The van der Waals surface area contributed by atoms with Gasteiger partial charge in [0.2, 0.25) is 0 Å². The fourth-order valence-corrected chi connectivity index (χ4v) is 1.45. The minimum absolute atomic E-state index is 0.0598. The van der Waals surface area contributed by atoms with Crippen molar-refractivity contribution < 1.29 is 8.78 Å². The standard InChI is InChI=1S/C11H13BrF2/c1-11(2,7-12)6-8-3-4-9(13)10(14)5-8/h3-5H,6-7H2,1-2H3. The van der Waals surface area contributed by atoms with Crippen LogP contribution in [0.15, 0.2) is 18.2 Å². The smallest absolute Gasteiger partial charge is 0.159 e. The summed E-state index contributed by atoms with van der Waals surface area (Å²) in [4.78, 5) is 0. The lowest BCUT2D eigenvalue weighted by molar-refractivity contribution is 0.422. The van der Waals surface area contributed by atoms with E-state index in [1.165, 1.54) is 12.1 Å². The molecule has 0 atom stereocenters. The first-order chi connectivity index (χ1) is 6.44. The average molecular weight is 263 g/mol. The van der Waals surface area contributed by atoms with Gasteiger partial charge in [-0.15, -0.1) is 0 Å². The van der Waals surface area contributed by atoms with Crippen LogP contribution in [-0.4, -0.2) is 5.33 Å². The van der Waals surface area contributed by atoms with Crippen molar-refractivity contribution >= 4 is 15.9 Å². The quantitative estimate of drug-likeness (QED) is 0.725. The zero-order valence-electron chi connectivity index (χ0n) is 8.28. The van der Waals surface area contributed by atoms with Gasteiger partial charge in [-0.25, -0.2) is 8.78 Å². The maximum Gasteiger partial charge on any atom is 0.159 e. The second kappa shape index (κ2) is 4.39. The molecule has 0 amide bonds. The van der Waals surface area contributed by atoms with Crippen LogP contribution in [0.3, 0.4) is 0 Å². The number of benzene rings is 1. The molecule has 0 aromatic heterocycles. The van der Waals surface area contributed by atoms with Crippen LogP contribution in [0.5, 0.6) is 0 Å². The van der Waals surface area contributed by atoms with E-state index >= 15 is 0 Å². The molecule has 0 saturated carbocycles. The summed E-state index contributed by atoms with van der Waals surface area (Å²) in [7, 11) is 0.